The second-order valence-electron chi connectivity index (χ2n) is 3.84. The van der Waals surface area contributed by atoms with Crippen molar-refractivity contribution in [2.45, 2.75) is 0 Å². The zero-order valence-electron chi connectivity index (χ0n) is 9.68. The molecule has 2 aromatic heterocycles. The molecule has 0 spiro atoms. The highest BCUT2D eigenvalue weighted by Gasteiger charge is 2.09. The Hall–Kier alpha value is -1.58. The minimum Gasteiger partial charge on any atom is -0.496 e. The van der Waals surface area contributed by atoms with Crippen LogP contribution in [0.5, 0.6) is 5.75 Å². The molecule has 0 saturated carbocycles. The molecule has 2 heterocycles. The van der Waals surface area contributed by atoms with Gasteiger partial charge in [-0.25, -0.2) is 4.98 Å². The van der Waals surface area contributed by atoms with E-state index in [4.69, 9.17) is 16.3 Å². The first-order valence-electron chi connectivity index (χ1n) is 5.47. The highest BCUT2D eigenvalue weighted by Crippen LogP contribution is 2.37. The number of methoxy groups -OCH3 is 1. The SMILES string of the molecule is COc1ccccc1-c1cc2ccc(Cl)nc2s1. The van der Waals surface area contributed by atoms with Gasteiger partial charge in [-0.2, -0.15) is 0 Å². The van der Waals surface area contributed by atoms with Gasteiger partial charge in [-0.3, -0.25) is 0 Å². The third kappa shape index (κ3) is 1.96. The molecule has 18 heavy (non-hydrogen) atoms. The van der Waals surface area contributed by atoms with Crippen molar-refractivity contribution >= 4 is 33.2 Å². The van der Waals surface area contributed by atoms with Gasteiger partial charge in [0.15, 0.2) is 0 Å². The van der Waals surface area contributed by atoms with E-state index in [1.807, 2.05) is 36.4 Å². The Morgan fingerprint density at radius 1 is 1.17 bits per heavy atom. The van der Waals surface area contributed by atoms with Crippen molar-refractivity contribution in [3.05, 3.63) is 47.6 Å². The largest absolute Gasteiger partial charge is 0.496 e. The number of pyridine rings is 1. The van der Waals surface area contributed by atoms with E-state index in [-0.39, 0.29) is 0 Å². The standard InChI is InChI=1S/C14H10ClNOS/c1-17-11-5-3-2-4-10(11)12-8-9-6-7-13(15)16-14(9)18-12/h2-8H,1H3. The van der Waals surface area contributed by atoms with Gasteiger partial charge >= 0.3 is 0 Å². The smallest absolute Gasteiger partial charge is 0.130 e. The average Bonchev–Trinajstić information content (AvgIpc) is 2.81. The first kappa shape index (κ1) is 11.5. The zero-order chi connectivity index (χ0) is 12.5. The number of ether oxygens (including phenoxy) is 1. The van der Waals surface area contributed by atoms with Crippen LogP contribution in [0, 0.1) is 0 Å². The molecule has 0 aliphatic carbocycles. The van der Waals surface area contributed by atoms with Gasteiger partial charge in [-0.15, -0.1) is 11.3 Å². The summed E-state index contributed by atoms with van der Waals surface area (Å²) in [6.07, 6.45) is 0. The van der Waals surface area contributed by atoms with Gasteiger partial charge in [0.25, 0.3) is 0 Å². The van der Waals surface area contributed by atoms with Crippen molar-refractivity contribution in [1.29, 1.82) is 0 Å². The van der Waals surface area contributed by atoms with E-state index in [9.17, 15) is 0 Å². The fourth-order valence-corrected chi connectivity index (χ4v) is 3.14. The Bertz CT molecular complexity index is 708. The molecule has 4 heteroatoms. The summed E-state index contributed by atoms with van der Waals surface area (Å²) in [5, 5.41) is 1.63. The second kappa shape index (κ2) is 4.59. The van der Waals surface area contributed by atoms with Crippen LogP contribution < -0.4 is 4.74 Å². The van der Waals surface area contributed by atoms with Crippen LogP contribution >= 0.6 is 22.9 Å². The third-order valence-corrected chi connectivity index (χ3v) is 4.01. The Labute approximate surface area is 114 Å². The molecule has 0 aliphatic rings. The lowest BCUT2D eigenvalue weighted by atomic mass is 10.1. The number of para-hydroxylation sites is 1. The summed E-state index contributed by atoms with van der Waals surface area (Å²) in [5.74, 6) is 0.871. The molecule has 3 aromatic rings. The number of thiophene rings is 1. The highest BCUT2D eigenvalue weighted by atomic mass is 35.5. The van der Waals surface area contributed by atoms with Crippen LogP contribution in [0.3, 0.4) is 0 Å². The summed E-state index contributed by atoms with van der Waals surface area (Å²) in [6, 6.07) is 13.9. The van der Waals surface area contributed by atoms with Gasteiger partial charge in [0.1, 0.15) is 15.7 Å². The van der Waals surface area contributed by atoms with Crippen molar-refractivity contribution in [3.63, 3.8) is 0 Å². The fraction of sp³-hybridized carbons (Fsp3) is 0.0714. The Morgan fingerprint density at radius 2 is 2.00 bits per heavy atom. The number of nitrogens with zero attached hydrogens (tertiary/aromatic N) is 1. The predicted octanol–water partition coefficient (Wildman–Crippen LogP) is 4.63. The minimum absolute atomic E-state index is 0.524. The number of benzene rings is 1. The Morgan fingerprint density at radius 3 is 2.83 bits per heavy atom. The van der Waals surface area contributed by atoms with E-state index < -0.39 is 0 Å². The number of rotatable bonds is 2. The summed E-state index contributed by atoms with van der Waals surface area (Å²) < 4.78 is 5.38. The second-order valence-corrected chi connectivity index (χ2v) is 5.26. The van der Waals surface area contributed by atoms with Gasteiger partial charge in [0, 0.05) is 15.8 Å². The summed E-state index contributed by atoms with van der Waals surface area (Å²) >= 11 is 7.52. The van der Waals surface area contributed by atoms with E-state index in [2.05, 4.69) is 11.1 Å². The van der Waals surface area contributed by atoms with Crippen molar-refractivity contribution in [1.82, 2.24) is 4.98 Å². The topological polar surface area (TPSA) is 22.1 Å². The van der Waals surface area contributed by atoms with Gasteiger partial charge < -0.3 is 4.74 Å². The van der Waals surface area contributed by atoms with Crippen LogP contribution in [0.25, 0.3) is 20.7 Å². The average molecular weight is 276 g/mol. The molecule has 0 unspecified atom stereocenters. The lowest BCUT2D eigenvalue weighted by molar-refractivity contribution is 0.416. The maximum atomic E-state index is 5.90. The summed E-state index contributed by atoms with van der Waals surface area (Å²) in [4.78, 5) is 6.40. The lowest BCUT2D eigenvalue weighted by Crippen LogP contribution is -1.84. The van der Waals surface area contributed by atoms with Crippen LogP contribution in [0.15, 0.2) is 42.5 Å². The first-order valence-corrected chi connectivity index (χ1v) is 6.67. The number of aromatic nitrogens is 1. The zero-order valence-corrected chi connectivity index (χ0v) is 11.3. The van der Waals surface area contributed by atoms with Crippen molar-refractivity contribution in [2.24, 2.45) is 0 Å². The molecular weight excluding hydrogens is 266 g/mol. The van der Waals surface area contributed by atoms with E-state index >= 15 is 0 Å². The molecule has 0 radical (unpaired) electrons. The van der Waals surface area contributed by atoms with Crippen LogP contribution in [0.1, 0.15) is 0 Å². The molecule has 0 saturated heterocycles. The molecule has 0 aliphatic heterocycles. The molecule has 0 amide bonds. The van der Waals surface area contributed by atoms with Crippen LogP contribution in [-0.4, -0.2) is 12.1 Å². The molecule has 0 atom stereocenters. The van der Waals surface area contributed by atoms with Gasteiger partial charge in [0.05, 0.1) is 7.11 Å². The molecule has 90 valence electrons. The quantitative estimate of drug-likeness (QED) is 0.637. The molecule has 0 fully saturated rings. The maximum Gasteiger partial charge on any atom is 0.130 e. The summed E-state index contributed by atoms with van der Waals surface area (Å²) in [7, 11) is 1.68. The van der Waals surface area contributed by atoms with Crippen LogP contribution in [-0.2, 0) is 0 Å². The molecule has 0 N–H and O–H groups in total. The van der Waals surface area contributed by atoms with E-state index in [0.717, 1.165) is 26.4 Å². The predicted molar refractivity (Wildman–Crippen MR) is 76.6 cm³/mol. The fourth-order valence-electron chi connectivity index (χ4n) is 1.88. The molecule has 1 aromatic carbocycles. The monoisotopic (exact) mass is 275 g/mol. The van der Waals surface area contributed by atoms with Gasteiger partial charge in [0.2, 0.25) is 0 Å². The Kier molecular flexibility index (Phi) is 2.94. The van der Waals surface area contributed by atoms with Crippen LogP contribution in [0.2, 0.25) is 5.15 Å². The number of hydrogen-bond acceptors (Lipinski definition) is 3. The normalized spacial score (nSPS) is 10.8. The molecule has 0 bridgehead atoms. The van der Waals surface area contributed by atoms with Crippen molar-refractivity contribution < 1.29 is 4.74 Å². The van der Waals surface area contributed by atoms with E-state index in [1.54, 1.807) is 18.4 Å². The van der Waals surface area contributed by atoms with E-state index in [0.29, 0.717) is 5.15 Å². The lowest BCUT2D eigenvalue weighted by Gasteiger charge is -2.04. The molecule has 3 rings (SSSR count). The van der Waals surface area contributed by atoms with Crippen LogP contribution in [0.4, 0.5) is 0 Å². The summed E-state index contributed by atoms with van der Waals surface area (Å²) in [5.41, 5.74) is 1.08. The van der Waals surface area contributed by atoms with Gasteiger partial charge in [-0.05, 0) is 30.3 Å². The number of hydrogen-bond donors (Lipinski definition) is 0. The Balaban J connectivity index is 2.19. The van der Waals surface area contributed by atoms with E-state index in [1.165, 1.54) is 0 Å². The summed E-state index contributed by atoms with van der Waals surface area (Å²) in [6.45, 7) is 0. The van der Waals surface area contributed by atoms with Crippen molar-refractivity contribution in [2.75, 3.05) is 7.11 Å². The number of fused-ring (bicyclic) bond motifs is 1. The van der Waals surface area contributed by atoms with Crippen molar-refractivity contribution in [3.8, 4) is 16.2 Å². The van der Waals surface area contributed by atoms with Gasteiger partial charge in [-0.1, -0.05) is 23.7 Å². The highest BCUT2D eigenvalue weighted by molar-refractivity contribution is 7.21. The molecular formula is C14H10ClNOS. The molecule has 2 nitrogen and oxygen atoms in total. The third-order valence-electron chi connectivity index (χ3n) is 2.72. The first-order chi connectivity index (χ1) is 8.78. The minimum atomic E-state index is 0.524. The number of halogens is 1. The maximum absolute atomic E-state index is 5.90.